The SMILES string of the molecule is CC1CN(C(=O)Nc2cccc(C(=O)O)c2)CC(C)N1C. The Labute approximate surface area is 124 Å². The Morgan fingerprint density at radius 3 is 2.43 bits per heavy atom. The number of piperazine rings is 1. The molecule has 0 aliphatic carbocycles. The van der Waals surface area contributed by atoms with Crippen molar-refractivity contribution in [1.29, 1.82) is 0 Å². The summed E-state index contributed by atoms with van der Waals surface area (Å²) >= 11 is 0. The van der Waals surface area contributed by atoms with Crippen molar-refractivity contribution in [3.8, 4) is 0 Å². The summed E-state index contributed by atoms with van der Waals surface area (Å²) in [5.41, 5.74) is 0.659. The molecule has 2 unspecified atom stereocenters. The van der Waals surface area contributed by atoms with Gasteiger partial charge >= 0.3 is 12.0 Å². The van der Waals surface area contributed by atoms with Crippen molar-refractivity contribution < 1.29 is 14.7 Å². The average molecular weight is 291 g/mol. The van der Waals surface area contributed by atoms with Gasteiger partial charge in [0.2, 0.25) is 0 Å². The van der Waals surface area contributed by atoms with Crippen LogP contribution < -0.4 is 5.32 Å². The Kier molecular flexibility index (Phi) is 4.47. The number of anilines is 1. The highest BCUT2D eigenvalue weighted by Gasteiger charge is 2.29. The van der Waals surface area contributed by atoms with Crippen molar-refractivity contribution in [3.05, 3.63) is 29.8 Å². The van der Waals surface area contributed by atoms with Crippen LogP contribution in [0.15, 0.2) is 24.3 Å². The molecule has 0 aromatic heterocycles. The highest BCUT2D eigenvalue weighted by Crippen LogP contribution is 2.16. The van der Waals surface area contributed by atoms with Crippen LogP contribution in [0.1, 0.15) is 24.2 Å². The van der Waals surface area contributed by atoms with Gasteiger partial charge in [-0.1, -0.05) is 6.07 Å². The predicted molar refractivity (Wildman–Crippen MR) is 80.7 cm³/mol. The van der Waals surface area contributed by atoms with Crippen LogP contribution >= 0.6 is 0 Å². The van der Waals surface area contributed by atoms with Gasteiger partial charge < -0.3 is 15.3 Å². The predicted octanol–water partition coefficient (Wildman–Crippen LogP) is 1.94. The maximum Gasteiger partial charge on any atom is 0.335 e. The third-order valence-corrected chi connectivity index (χ3v) is 4.01. The summed E-state index contributed by atoms with van der Waals surface area (Å²) in [6.07, 6.45) is 0. The van der Waals surface area contributed by atoms with Gasteiger partial charge in [0.15, 0.2) is 0 Å². The first-order valence-electron chi connectivity index (χ1n) is 6.99. The second-order valence-electron chi connectivity index (χ2n) is 5.58. The van der Waals surface area contributed by atoms with Crippen LogP contribution in [-0.4, -0.2) is 59.1 Å². The summed E-state index contributed by atoms with van der Waals surface area (Å²) in [5, 5.41) is 11.7. The zero-order chi connectivity index (χ0) is 15.6. The molecule has 1 aliphatic rings. The van der Waals surface area contributed by atoms with Crippen molar-refractivity contribution in [1.82, 2.24) is 9.80 Å². The zero-order valence-corrected chi connectivity index (χ0v) is 12.5. The van der Waals surface area contributed by atoms with E-state index < -0.39 is 5.97 Å². The molecule has 1 aromatic carbocycles. The molecule has 2 N–H and O–H groups in total. The summed E-state index contributed by atoms with van der Waals surface area (Å²) in [5.74, 6) is -1.01. The maximum atomic E-state index is 12.3. The molecule has 2 rings (SSSR count). The van der Waals surface area contributed by atoms with Crippen LogP contribution in [0.25, 0.3) is 0 Å². The van der Waals surface area contributed by atoms with Gasteiger partial charge in [0.1, 0.15) is 0 Å². The number of carbonyl (C=O) groups excluding carboxylic acids is 1. The molecule has 1 aliphatic heterocycles. The minimum absolute atomic E-state index is 0.160. The Morgan fingerprint density at radius 1 is 1.24 bits per heavy atom. The van der Waals surface area contributed by atoms with Gasteiger partial charge in [0.25, 0.3) is 0 Å². The van der Waals surface area contributed by atoms with Crippen LogP contribution in [0, 0.1) is 0 Å². The van der Waals surface area contributed by atoms with Crippen LogP contribution in [0.4, 0.5) is 10.5 Å². The van der Waals surface area contributed by atoms with Crippen molar-refractivity contribution in [2.45, 2.75) is 25.9 Å². The van der Waals surface area contributed by atoms with Crippen molar-refractivity contribution in [2.24, 2.45) is 0 Å². The average Bonchev–Trinajstić information content (AvgIpc) is 2.44. The lowest BCUT2D eigenvalue weighted by atomic mass is 10.1. The molecular weight excluding hydrogens is 270 g/mol. The number of hydrogen-bond acceptors (Lipinski definition) is 3. The summed E-state index contributed by atoms with van der Waals surface area (Å²) in [6.45, 7) is 5.48. The Bertz CT molecular complexity index is 535. The molecule has 6 nitrogen and oxygen atoms in total. The monoisotopic (exact) mass is 291 g/mol. The maximum absolute atomic E-state index is 12.3. The summed E-state index contributed by atoms with van der Waals surface area (Å²) in [6, 6.07) is 6.67. The van der Waals surface area contributed by atoms with E-state index in [-0.39, 0.29) is 11.6 Å². The minimum atomic E-state index is -1.01. The number of carboxylic acid groups (broad SMARTS) is 1. The van der Waals surface area contributed by atoms with Gasteiger partial charge in [-0.25, -0.2) is 9.59 Å². The van der Waals surface area contributed by atoms with E-state index in [0.717, 1.165) is 0 Å². The number of hydrogen-bond donors (Lipinski definition) is 2. The van der Waals surface area contributed by atoms with E-state index >= 15 is 0 Å². The van der Waals surface area contributed by atoms with Crippen LogP contribution in [0.5, 0.6) is 0 Å². The lowest BCUT2D eigenvalue weighted by Gasteiger charge is -2.42. The third kappa shape index (κ3) is 3.52. The largest absolute Gasteiger partial charge is 0.478 e. The van der Waals surface area contributed by atoms with E-state index in [2.05, 4.69) is 31.1 Å². The molecule has 114 valence electrons. The molecule has 21 heavy (non-hydrogen) atoms. The molecule has 1 saturated heterocycles. The fourth-order valence-corrected chi connectivity index (χ4v) is 2.50. The molecule has 1 heterocycles. The van der Waals surface area contributed by atoms with Crippen LogP contribution in [0.3, 0.4) is 0 Å². The van der Waals surface area contributed by atoms with E-state index in [9.17, 15) is 9.59 Å². The number of nitrogens with one attached hydrogen (secondary N) is 1. The van der Waals surface area contributed by atoms with Crippen molar-refractivity contribution in [3.63, 3.8) is 0 Å². The zero-order valence-electron chi connectivity index (χ0n) is 12.5. The molecular formula is C15H21N3O3. The summed E-state index contributed by atoms with van der Waals surface area (Å²) in [4.78, 5) is 27.2. The molecule has 0 spiro atoms. The molecule has 1 aromatic rings. The number of benzene rings is 1. The first-order chi connectivity index (χ1) is 9.88. The number of urea groups is 1. The number of carbonyl (C=O) groups is 2. The lowest BCUT2D eigenvalue weighted by Crippen LogP contribution is -2.57. The highest BCUT2D eigenvalue weighted by molar-refractivity contribution is 5.93. The number of carboxylic acids is 1. The number of nitrogens with zero attached hydrogens (tertiary/aromatic N) is 2. The number of rotatable bonds is 2. The summed E-state index contributed by atoms with van der Waals surface area (Å²) in [7, 11) is 2.06. The van der Waals surface area contributed by atoms with Gasteiger partial charge in [-0.15, -0.1) is 0 Å². The Balaban J connectivity index is 2.04. The smallest absolute Gasteiger partial charge is 0.335 e. The number of amides is 2. The summed E-state index contributed by atoms with van der Waals surface area (Å²) < 4.78 is 0. The van der Waals surface area contributed by atoms with E-state index in [4.69, 9.17) is 5.11 Å². The van der Waals surface area contributed by atoms with Crippen molar-refractivity contribution in [2.75, 3.05) is 25.5 Å². The second kappa shape index (κ2) is 6.13. The standard InChI is InChI=1S/C15H21N3O3/c1-10-8-18(9-11(2)17(10)3)15(21)16-13-6-4-5-12(7-13)14(19)20/h4-7,10-11H,8-9H2,1-3H3,(H,16,21)(H,19,20). The Morgan fingerprint density at radius 2 is 1.86 bits per heavy atom. The van der Waals surface area contributed by atoms with Crippen LogP contribution in [0.2, 0.25) is 0 Å². The van der Waals surface area contributed by atoms with Gasteiger partial charge in [0, 0.05) is 30.9 Å². The topological polar surface area (TPSA) is 72.9 Å². The fraction of sp³-hybridized carbons (Fsp3) is 0.467. The third-order valence-electron chi connectivity index (χ3n) is 4.01. The highest BCUT2D eigenvalue weighted by atomic mass is 16.4. The fourth-order valence-electron chi connectivity index (χ4n) is 2.50. The van der Waals surface area contributed by atoms with E-state index in [1.54, 1.807) is 17.0 Å². The molecule has 2 atom stereocenters. The first kappa shape index (κ1) is 15.3. The van der Waals surface area contributed by atoms with Crippen LogP contribution in [-0.2, 0) is 0 Å². The molecule has 1 fully saturated rings. The number of aromatic carboxylic acids is 1. The van der Waals surface area contributed by atoms with Gasteiger partial charge in [0.05, 0.1) is 5.56 Å². The lowest BCUT2D eigenvalue weighted by molar-refractivity contribution is 0.0697. The van der Waals surface area contributed by atoms with Gasteiger partial charge in [-0.3, -0.25) is 4.90 Å². The van der Waals surface area contributed by atoms with Crippen molar-refractivity contribution >= 4 is 17.7 Å². The normalized spacial score (nSPS) is 22.9. The quantitative estimate of drug-likeness (QED) is 0.873. The van der Waals surface area contributed by atoms with E-state index in [1.807, 2.05) is 0 Å². The molecule has 0 bridgehead atoms. The Hall–Kier alpha value is -2.08. The molecule has 6 heteroatoms. The van der Waals surface area contributed by atoms with E-state index in [1.165, 1.54) is 12.1 Å². The molecule has 0 radical (unpaired) electrons. The first-order valence-corrected chi connectivity index (χ1v) is 6.99. The molecule has 2 amide bonds. The van der Waals surface area contributed by atoms with Gasteiger partial charge in [-0.05, 0) is 39.1 Å². The minimum Gasteiger partial charge on any atom is -0.478 e. The van der Waals surface area contributed by atoms with E-state index in [0.29, 0.717) is 30.9 Å². The molecule has 0 saturated carbocycles. The second-order valence-corrected chi connectivity index (χ2v) is 5.58. The number of likely N-dealkylation sites (N-methyl/N-ethyl adjacent to an activating group) is 1. The van der Waals surface area contributed by atoms with Gasteiger partial charge in [-0.2, -0.15) is 0 Å².